The molecule has 0 aliphatic carbocycles. The zero-order chi connectivity index (χ0) is 14.0. The van der Waals surface area contributed by atoms with Crippen molar-refractivity contribution >= 4 is 5.82 Å². The van der Waals surface area contributed by atoms with E-state index < -0.39 is 11.2 Å². The summed E-state index contributed by atoms with van der Waals surface area (Å²) in [5, 5.41) is 10.9. The van der Waals surface area contributed by atoms with Crippen LogP contribution in [0.4, 0.5) is 5.82 Å². The molecule has 8 heteroatoms. The molecule has 0 unspecified atom stereocenters. The fourth-order valence-corrected chi connectivity index (χ4v) is 1.90. The molecule has 8 nitrogen and oxygen atoms in total. The smallest absolute Gasteiger partial charge is 0.332 e. The molecule has 1 aliphatic heterocycles. The molecule has 1 fully saturated rings. The summed E-state index contributed by atoms with van der Waals surface area (Å²) in [7, 11) is 2.87. The van der Waals surface area contributed by atoms with Crippen molar-refractivity contribution in [2.24, 2.45) is 14.1 Å². The highest BCUT2D eigenvalue weighted by atomic mass is 16.5. The van der Waals surface area contributed by atoms with Crippen LogP contribution in [0.2, 0.25) is 0 Å². The van der Waals surface area contributed by atoms with Gasteiger partial charge < -0.3 is 10.2 Å². The largest absolute Gasteiger partial charge is 0.379 e. The molecule has 0 amide bonds. The fourth-order valence-electron chi connectivity index (χ4n) is 1.90. The first-order valence-electron chi connectivity index (χ1n) is 5.85. The second kappa shape index (κ2) is 5.26. The van der Waals surface area contributed by atoms with Crippen molar-refractivity contribution < 1.29 is 4.74 Å². The van der Waals surface area contributed by atoms with Crippen molar-refractivity contribution in [2.75, 3.05) is 31.7 Å². The summed E-state index contributed by atoms with van der Waals surface area (Å²) in [6.07, 6.45) is 0. The maximum Gasteiger partial charge on any atom is 0.332 e. The topological polar surface area (TPSA) is 92.3 Å². The van der Waals surface area contributed by atoms with Crippen molar-refractivity contribution in [3.05, 3.63) is 26.4 Å². The third kappa shape index (κ3) is 2.38. The van der Waals surface area contributed by atoms with Crippen molar-refractivity contribution in [1.29, 1.82) is 5.26 Å². The first-order chi connectivity index (χ1) is 9.06. The van der Waals surface area contributed by atoms with Gasteiger partial charge in [0.05, 0.1) is 13.2 Å². The number of ether oxygens (including phenoxy) is 1. The summed E-state index contributed by atoms with van der Waals surface area (Å²) in [5.74, 6) is 0.220. The van der Waals surface area contributed by atoms with E-state index in [4.69, 9.17) is 10.00 Å². The minimum Gasteiger partial charge on any atom is -0.379 e. The van der Waals surface area contributed by atoms with E-state index in [1.165, 1.54) is 18.7 Å². The Kier molecular flexibility index (Phi) is 3.69. The van der Waals surface area contributed by atoms with E-state index in [1.807, 2.05) is 11.1 Å². The summed E-state index contributed by atoms with van der Waals surface area (Å²) in [6, 6.07) is 1.85. The van der Waals surface area contributed by atoms with E-state index >= 15 is 0 Å². The van der Waals surface area contributed by atoms with Crippen LogP contribution in [-0.4, -0.2) is 40.4 Å². The highest BCUT2D eigenvalue weighted by Crippen LogP contribution is 2.09. The molecule has 102 valence electrons. The number of aromatic nitrogens is 2. The second-order valence-corrected chi connectivity index (χ2v) is 4.25. The number of rotatable bonds is 2. The average Bonchev–Trinajstić information content (AvgIpc) is 2.44. The molecule has 1 aliphatic rings. The van der Waals surface area contributed by atoms with Crippen LogP contribution in [0.15, 0.2) is 9.59 Å². The Morgan fingerprint density at radius 1 is 1.21 bits per heavy atom. The van der Waals surface area contributed by atoms with Gasteiger partial charge in [-0.3, -0.25) is 13.9 Å². The van der Waals surface area contributed by atoms with Gasteiger partial charge in [0.2, 0.25) is 0 Å². The summed E-state index contributed by atoms with van der Waals surface area (Å²) in [4.78, 5) is 23.7. The van der Waals surface area contributed by atoms with Crippen molar-refractivity contribution in [3.63, 3.8) is 0 Å². The van der Waals surface area contributed by atoms with Crippen LogP contribution in [-0.2, 0) is 18.8 Å². The predicted molar refractivity (Wildman–Crippen MR) is 67.7 cm³/mol. The number of nitrogens with one attached hydrogen (secondary N) is 1. The van der Waals surface area contributed by atoms with E-state index in [2.05, 4.69) is 5.43 Å². The molecular formula is C11H15N5O3. The van der Waals surface area contributed by atoms with Gasteiger partial charge in [0.25, 0.3) is 5.56 Å². The van der Waals surface area contributed by atoms with Crippen molar-refractivity contribution in [2.45, 2.75) is 0 Å². The Morgan fingerprint density at radius 2 is 1.84 bits per heavy atom. The van der Waals surface area contributed by atoms with Crippen molar-refractivity contribution in [1.82, 2.24) is 14.1 Å². The fraction of sp³-hybridized carbons (Fsp3) is 0.545. The van der Waals surface area contributed by atoms with Crippen LogP contribution in [0.25, 0.3) is 0 Å². The maximum absolute atomic E-state index is 11.9. The molecule has 1 N–H and O–H groups in total. The van der Waals surface area contributed by atoms with E-state index in [-0.39, 0.29) is 11.4 Å². The van der Waals surface area contributed by atoms with E-state index in [0.29, 0.717) is 26.3 Å². The SMILES string of the molecule is Cn1c(NN2CCOCC2)c(C#N)c(=O)n(C)c1=O. The average molecular weight is 265 g/mol. The molecule has 0 spiro atoms. The molecule has 1 aromatic rings. The first-order valence-corrected chi connectivity index (χ1v) is 5.85. The molecule has 1 saturated heterocycles. The highest BCUT2D eigenvalue weighted by molar-refractivity contribution is 5.50. The Morgan fingerprint density at radius 3 is 2.42 bits per heavy atom. The number of hydrogen-bond acceptors (Lipinski definition) is 6. The van der Waals surface area contributed by atoms with E-state index in [0.717, 1.165) is 4.57 Å². The van der Waals surface area contributed by atoms with Crippen LogP contribution in [0.1, 0.15) is 5.56 Å². The molecule has 0 saturated carbocycles. The van der Waals surface area contributed by atoms with Gasteiger partial charge in [-0.25, -0.2) is 9.80 Å². The number of morpholine rings is 1. The molecule has 0 radical (unpaired) electrons. The molecule has 1 aromatic heterocycles. The van der Waals surface area contributed by atoms with Gasteiger partial charge in [0.1, 0.15) is 11.9 Å². The number of hydrogen-bond donors (Lipinski definition) is 1. The standard InChI is InChI=1S/C11H15N5O3/c1-14-9(13-16-3-5-19-6-4-16)8(7-12)10(17)15(2)11(14)18/h13H,3-6H2,1-2H3. The predicted octanol–water partition coefficient (Wildman–Crippen LogP) is -1.39. The third-order valence-corrected chi connectivity index (χ3v) is 3.05. The van der Waals surface area contributed by atoms with Gasteiger partial charge in [-0.1, -0.05) is 0 Å². The Balaban J connectivity index is 2.47. The summed E-state index contributed by atoms with van der Waals surface area (Å²) < 4.78 is 7.39. The zero-order valence-electron chi connectivity index (χ0n) is 10.8. The summed E-state index contributed by atoms with van der Waals surface area (Å²) in [5.41, 5.74) is 1.82. The Bertz CT molecular complexity index is 633. The van der Waals surface area contributed by atoms with Gasteiger partial charge >= 0.3 is 5.69 Å². The van der Waals surface area contributed by atoms with E-state index in [9.17, 15) is 9.59 Å². The zero-order valence-corrected chi connectivity index (χ0v) is 10.8. The molecule has 19 heavy (non-hydrogen) atoms. The lowest BCUT2D eigenvalue weighted by Gasteiger charge is -2.28. The Labute approximate surface area is 109 Å². The van der Waals surface area contributed by atoms with Crippen LogP contribution < -0.4 is 16.7 Å². The van der Waals surface area contributed by atoms with Crippen molar-refractivity contribution in [3.8, 4) is 6.07 Å². The third-order valence-electron chi connectivity index (χ3n) is 3.05. The lowest BCUT2D eigenvalue weighted by molar-refractivity contribution is 0.0492. The molecule has 2 heterocycles. The van der Waals surface area contributed by atoms with Crippen LogP contribution >= 0.6 is 0 Å². The lowest BCUT2D eigenvalue weighted by Crippen LogP contribution is -2.45. The number of anilines is 1. The lowest BCUT2D eigenvalue weighted by atomic mass is 10.3. The number of nitrogens with zero attached hydrogens (tertiary/aromatic N) is 4. The number of hydrazine groups is 1. The minimum absolute atomic E-state index is 0.0731. The summed E-state index contributed by atoms with van der Waals surface area (Å²) in [6.45, 7) is 2.36. The monoisotopic (exact) mass is 265 g/mol. The van der Waals surface area contributed by atoms with Gasteiger partial charge in [-0.15, -0.1) is 0 Å². The van der Waals surface area contributed by atoms with Gasteiger partial charge in [0, 0.05) is 27.2 Å². The minimum atomic E-state index is -0.596. The molecule has 0 atom stereocenters. The Hall–Kier alpha value is -2.11. The molecule has 0 aromatic carbocycles. The maximum atomic E-state index is 11.9. The number of nitriles is 1. The summed E-state index contributed by atoms with van der Waals surface area (Å²) >= 11 is 0. The van der Waals surface area contributed by atoms with Gasteiger partial charge in [-0.2, -0.15) is 5.26 Å². The van der Waals surface area contributed by atoms with Crippen LogP contribution in [0, 0.1) is 11.3 Å². The van der Waals surface area contributed by atoms with E-state index in [1.54, 1.807) is 0 Å². The quantitative estimate of drug-likeness (QED) is 0.708. The van der Waals surface area contributed by atoms with Gasteiger partial charge in [-0.05, 0) is 0 Å². The molecule has 0 bridgehead atoms. The second-order valence-electron chi connectivity index (χ2n) is 4.25. The molecule has 2 rings (SSSR count). The van der Waals surface area contributed by atoms with Crippen LogP contribution in [0.3, 0.4) is 0 Å². The van der Waals surface area contributed by atoms with Crippen LogP contribution in [0.5, 0.6) is 0 Å². The normalized spacial score (nSPS) is 16.1. The first kappa shape index (κ1) is 13.3. The van der Waals surface area contributed by atoms with Gasteiger partial charge in [0.15, 0.2) is 5.56 Å². The molecular weight excluding hydrogens is 250 g/mol. The highest BCUT2D eigenvalue weighted by Gasteiger charge is 2.18.